The van der Waals surface area contributed by atoms with Gasteiger partial charge in [-0.3, -0.25) is 9.69 Å². The Morgan fingerprint density at radius 3 is 2.54 bits per heavy atom. The molecule has 26 heavy (non-hydrogen) atoms. The van der Waals surface area contributed by atoms with E-state index in [9.17, 15) is 9.90 Å². The molecule has 1 amide bonds. The Morgan fingerprint density at radius 1 is 1.23 bits per heavy atom. The molecule has 6 nitrogen and oxygen atoms in total. The van der Waals surface area contributed by atoms with Gasteiger partial charge in [0, 0.05) is 31.2 Å². The number of hydrogen-bond acceptors (Lipinski definition) is 5. The lowest BCUT2D eigenvalue weighted by Crippen LogP contribution is -2.58. The standard InChI is InChI=1S/C19H28ClN3O3/c20-15-11-14(17(24)12-16(15)21)18(25)22-13-19(5-3-1-2-4-6-19)23-7-9-26-10-8-23/h11-12,24H,1-10,13,21H2,(H,22,25). The molecule has 1 aromatic carbocycles. The number of hydrogen-bond donors (Lipinski definition) is 3. The van der Waals surface area contributed by atoms with Crippen LogP contribution in [0.15, 0.2) is 12.1 Å². The summed E-state index contributed by atoms with van der Waals surface area (Å²) in [5, 5.41) is 13.4. The molecule has 0 radical (unpaired) electrons. The van der Waals surface area contributed by atoms with Crippen molar-refractivity contribution < 1.29 is 14.6 Å². The van der Waals surface area contributed by atoms with Crippen molar-refractivity contribution in [2.45, 2.75) is 44.1 Å². The fraction of sp³-hybridized carbons (Fsp3) is 0.632. The number of rotatable bonds is 4. The highest BCUT2D eigenvalue weighted by Crippen LogP contribution is 2.33. The number of carbonyl (C=O) groups is 1. The summed E-state index contributed by atoms with van der Waals surface area (Å²) >= 11 is 6.01. The zero-order valence-corrected chi connectivity index (χ0v) is 15.9. The Morgan fingerprint density at radius 2 is 1.88 bits per heavy atom. The van der Waals surface area contributed by atoms with Crippen LogP contribution in [-0.2, 0) is 4.74 Å². The van der Waals surface area contributed by atoms with Crippen molar-refractivity contribution in [3.8, 4) is 5.75 Å². The molecule has 1 aliphatic carbocycles. The van der Waals surface area contributed by atoms with Crippen LogP contribution in [0.1, 0.15) is 48.9 Å². The Hall–Kier alpha value is -1.50. The maximum Gasteiger partial charge on any atom is 0.255 e. The Labute approximate surface area is 159 Å². The third kappa shape index (κ3) is 4.24. The first-order valence-corrected chi connectivity index (χ1v) is 9.79. The smallest absolute Gasteiger partial charge is 0.255 e. The minimum absolute atomic E-state index is 0.0385. The van der Waals surface area contributed by atoms with Crippen LogP contribution in [0.2, 0.25) is 5.02 Å². The second-order valence-electron chi connectivity index (χ2n) is 7.31. The number of morpholine rings is 1. The van der Waals surface area contributed by atoms with Crippen molar-refractivity contribution in [2.24, 2.45) is 0 Å². The first-order valence-electron chi connectivity index (χ1n) is 9.41. The molecule has 2 aliphatic rings. The van der Waals surface area contributed by atoms with Crippen molar-refractivity contribution in [3.05, 3.63) is 22.7 Å². The van der Waals surface area contributed by atoms with Gasteiger partial charge in [0.2, 0.25) is 0 Å². The number of phenols is 1. The van der Waals surface area contributed by atoms with Gasteiger partial charge in [0.25, 0.3) is 5.91 Å². The van der Waals surface area contributed by atoms with Gasteiger partial charge in [0.05, 0.1) is 29.5 Å². The molecule has 1 saturated carbocycles. The molecule has 0 atom stereocenters. The first kappa shape index (κ1) is 19.3. The number of amides is 1. The van der Waals surface area contributed by atoms with Crippen molar-refractivity contribution >= 4 is 23.2 Å². The monoisotopic (exact) mass is 381 g/mol. The van der Waals surface area contributed by atoms with Gasteiger partial charge >= 0.3 is 0 Å². The summed E-state index contributed by atoms with van der Waals surface area (Å²) in [5.41, 5.74) is 6.06. The SMILES string of the molecule is Nc1cc(O)c(C(=O)NCC2(N3CCOCC3)CCCCCC2)cc1Cl. The fourth-order valence-corrected chi connectivity index (χ4v) is 4.29. The Kier molecular flexibility index (Phi) is 6.27. The number of nitrogens with zero attached hydrogens (tertiary/aromatic N) is 1. The summed E-state index contributed by atoms with van der Waals surface area (Å²) in [6, 6.07) is 2.75. The van der Waals surface area contributed by atoms with E-state index in [0.717, 1.165) is 39.1 Å². The first-order chi connectivity index (χ1) is 12.5. The summed E-state index contributed by atoms with van der Waals surface area (Å²) < 4.78 is 5.51. The number of nitrogen functional groups attached to an aromatic ring is 1. The van der Waals surface area contributed by atoms with E-state index in [-0.39, 0.29) is 33.5 Å². The van der Waals surface area contributed by atoms with Crippen LogP contribution < -0.4 is 11.1 Å². The summed E-state index contributed by atoms with van der Waals surface area (Å²) in [5.74, 6) is -0.466. The molecule has 0 bridgehead atoms. The maximum absolute atomic E-state index is 12.7. The summed E-state index contributed by atoms with van der Waals surface area (Å²) in [6.07, 6.45) is 6.98. The van der Waals surface area contributed by atoms with Crippen LogP contribution in [0.3, 0.4) is 0 Å². The van der Waals surface area contributed by atoms with Crippen molar-refractivity contribution in [1.82, 2.24) is 10.2 Å². The molecule has 144 valence electrons. The molecular formula is C19H28ClN3O3. The molecule has 4 N–H and O–H groups in total. The minimum atomic E-state index is -0.318. The fourth-order valence-electron chi connectivity index (χ4n) is 4.13. The topological polar surface area (TPSA) is 87.8 Å². The molecule has 1 saturated heterocycles. The average Bonchev–Trinajstić information content (AvgIpc) is 2.90. The Bertz CT molecular complexity index is 639. The van der Waals surface area contributed by atoms with Crippen LogP contribution in [0, 0.1) is 0 Å². The molecule has 7 heteroatoms. The van der Waals surface area contributed by atoms with Crippen molar-refractivity contribution in [2.75, 3.05) is 38.6 Å². The van der Waals surface area contributed by atoms with E-state index in [1.54, 1.807) is 0 Å². The van der Waals surface area contributed by atoms with E-state index in [2.05, 4.69) is 10.2 Å². The predicted molar refractivity (Wildman–Crippen MR) is 103 cm³/mol. The van der Waals surface area contributed by atoms with E-state index < -0.39 is 0 Å². The number of aromatic hydroxyl groups is 1. The molecule has 0 unspecified atom stereocenters. The van der Waals surface area contributed by atoms with Gasteiger partial charge in [0.1, 0.15) is 5.75 Å². The minimum Gasteiger partial charge on any atom is -0.507 e. The number of halogens is 1. The highest BCUT2D eigenvalue weighted by atomic mass is 35.5. The third-order valence-corrected chi connectivity index (χ3v) is 5.98. The lowest BCUT2D eigenvalue weighted by molar-refractivity contribution is -0.0281. The van der Waals surface area contributed by atoms with Crippen LogP contribution in [0.5, 0.6) is 5.75 Å². The second-order valence-corrected chi connectivity index (χ2v) is 7.72. The molecule has 2 fully saturated rings. The van der Waals surface area contributed by atoms with Gasteiger partial charge in [-0.1, -0.05) is 37.3 Å². The largest absolute Gasteiger partial charge is 0.507 e. The van der Waals surface area contributed by atoms with E-state index in [1.165, 1.54) is 37.8 Å². The number of ether oxygens (including phenoxy) is 1. The summed E-state index contributed by atoms with van der Waals surface area (Å²) in [7, 11) is 0. The number of nitrogens with two attached hydrogens (primary N) is 1. The number of phenolic OH excluding ortho intramolecular Hbond substituents is 1. The molecule has 1 aromatic rings. The van der Waals surface area contributed by atoms with Crippen LogP contribution in [-0.4, -0.2) is 54.3 Å². The lowest BCUT2D eigenvalue weighted by Gasteiger charge is -2.45. The number of nitrogens with one attached hydrogen (secondary N) is 1. The summed E-state index contributed by atoms with van der Waals surface area (Å²) in [4.78, 5) is 15.2. The number of benzene rings is 1. The van der Waals surface area contributed by atoms with Crippen LogP contribution in [0.4, 0.5) is 5.69 Å². The van der Waals surface area contributed by atoms with Gasteiger partial charge in [0.15, 0.2) is 0 Å². The Balaban J connectivity index is 1.74. The van der Waals surface area contributed by atoms with Crippen molar-refractivity contribution in [1.29, 1.82) is 0 Å². The van der Waals surface area contributed by atoms with E-state index in [4.69, 9.17) is 22.1 Å². The van der Waals surface area contributed by atoms with E-state index in [1.807, 2.05) is 0 Å². The van der Waals surface area contributed by atoms with Gasteiger partial charge in [-0.05, 0) is 18.9 Å². The highest BCUT2D eigenvalue weighted by molar-refractivity contribution is 6.33. The van der Waals surface area contributed by atoms with Crippen LogP contribution in [0.25, 0.3) is 0 Å². The number of anilines is 1. The second kappa shape index (κ2) is 8.46. The lowest BCUT2D eigenvalue weighted by atomic mass is 9.87. The zero-order chi connectivity index (χ0) is 18.6. The average molecular weight is 382 g/mol. The normalized spacial score (nSPS) is 21.1. The van der Waals surface area contributed by atoms with Gasteiger partial charge < -0.3 is 20.9 Å². The van der Waals surface area contributed by atoms with Gasteiger partial charge in [-0.2, -0.15) is 0 Å². The van der Waals surface area contributed by atoms with E-state index in [0.29, 0.717) is 6.54 Å². The molecule has 1 heterocycles. The quantitative estimate of drug-likeness (QED) is 0.551. The van der Waals surface area contributed by atoms with Gasteiger partial charge in [-0.15, -0.1) is 0 Å². The molecule has 0 aromatic heterocycles. The van der Waals surface area contributed by atoms with Gasteiger partial charge in [-0.25, -0.2) is 0 Å². The highest BCUT2D eigenvalue weighted by Gasteiger charge is 2.38. The predicted octanol–water partition coefficient (Wildman–Crippen LogP) is 2.78. The third-order valence-electron chi connectivity index (χ3n) is 5.65. The molecule has 1 aliphatic heterocycles. The molecule has 3 rings (SSSR count). The van der Waals surface area contributed by atoms with E-state index >= 15 is 0 Å². The zero-order valence-electron chi connectivity index (χ0n) is 15.1. The number of carbonyl (C=O) groups excluding carboxylic acids is 1. The molecular weight excluding hydrogens is 354 g/mol. The van der Waals surface area contributed by atoms with Crippen molar-refractivity contribution in [3.63, 3.8) is 0 Å². The summed E-state index contributed by atoms with van der Waals surface area (Å²) in [6.45, 7) is 3.84. The molecule has 0 spiro atoms. The maximum atomic E-state index is 12.7. The van der Waals surface area contributed by atoms with Crippen LogP contribution >= 0.6 is 11.6 Å².